The van der Waals surface area contributed by atoms with Crippen molar-refractivity contribution in [1.29, 1.82) is 0 Å². The maximum atomic E-state index is 13.0. The van der Waals surface area contributed by atoms with Gasteiger partial charge in [-0.15, -0.1) is 0 Å². The third-order valence-electron chi connectivity index (χ3n) is 16.4. The number of aliphatic hydroxyl groups is 1. The molecule has 3 N–H and O–H groups in total. The Hall–Kier alpha value is -1.94. The van der Waals surface area contributed by atoms with E-state index in [1.165, 1.54) is 141 Å². The lowest BCUT2D eigenvalue weighted by Crippen LogP contribution is -2.30. The van der Waals surface area contributed by atoms with Crippen molar-refractivity contribution in [3.63, 3.8) is 0 Å². The molecule has 0 saturated heterocycles. The lowest BCUT2D eigenvalue weighted by molar-refractivity contribution is -0.161. The van der Waals surface area contributed by atoms with Crippen molar-refractivity contribution in [2.45, 2.75) is 363 Å². The number of hydrogen-bond acceptors (Lipinski definition) is 15. The minimum atomic E-state index is -4.95. The first-order valence-electron chi connectivity index (χ1n) is 36.2. The van der Waals surface area contributed by atoms with Gasteiger partial charge in [0.1, 0.15) is 19.3 Å². The summed E-state index contributed by atoms with van der Waals surface area (Å²) in [5.41, 5.74) is 0. The molecule has 17 nitrogen and oxygen atoms in total. The van der Waals surface area contributed by atoms with Crippen molar-refractivity contribution in [2.75, 3.05) is 39.6 Å². The lowest BCUT2D eigenvalue weighted by atomic mass is 10.00. The first kappa shape index (κ1) is 87.1. The summed E-state index contributed by atoms with van der Waals surface area (Å²) in [4.78, 5) is 72.4. The van der Waals surface area contributed by atoms with Gasteiger partial charge in [0, 0.05) is 25.7 Å². The van der Waals surface area contributed by atoms with Gasteiger partial charge in [0.2, 0.25) is 0 Å². The van der Waals surface area contributed by atoms with E-state index in [4.69, 9.17) is 37.0 Å². The van der Waals surface area contributed by atoms with Crippen LogP contribution in [0.2, 0.25) is 0 Å². The second-order valence-electron chi connectivity index (χ2n) is 26.9. The quantitative estimate of drug-likeness (QED) is 0.0222. The molecule has 0 aromatic carbocycles. The molecule has 0 aliphatic rings. The van der Waals surface area contributed by atoms with Crippen molar-refractivity contribution < 1.29 is 80.2 Å². The van der Waals surface area contributed by atoms with Crippen LogP contribution in [-0.4, -0.2) is 96.7 Å². The van der Waals surface area contributed by atoms with Gasteiger partial charge in [0.05, 0.1) is 26.4 Å². The number of rotatable bonds is 67. The molecule has 6 atom stereocenters. The molecule has 0 spiro atoms. The Labute approximate surface area is 543 Å². The Bertz CT molecular complexity index is 1770. The van der Waals surface area contributed by atoms with Gasteiger partial charge in [-0.3, -0.25) is 37.3 Å². The third kappa shape index (κ3) is 63.2. The lowest BCUT2D eigenvalue weighted by Gasteiger charge is -2.21. The van der Waals surface area contributed by atoms with Crippen molar-refractivity contribution in [1.82, 2.24) is 0 Å². The highest BCUT2D eigenvalue weighted by molar-refractivity contribution is 7.47. The molecule has 528 valence electrons. The molecular formula is C70H136O17P2. The average Bonchev–Trinajstić information content (AvgIpc) is 3.54. The van der Waals surface area contributed by atoms with E-state index in [0.717, 1.165) is 114 Å². The van der Waals surface area contributed by atoms with Crippen LogP contribution in [0, 0.1) is 23.7 Å². The minimum Gasteiger partial charge on any atom is -0.462 e. The zero-order chi connectivity index (χ0) is 66.1. The van der Waals surface area contributed by atoms with Crippen LogP contribution >= 0.6 is 15.6 Å². The van der Waals surface area contributed by atoms with Crippen molar-refractivity contribution >= 4 is 39.5 Å². The number of aliphatic hydroxyl groups excluding tert-OH is 1. The number of ether oxygens (including phenoxy) is 4. The minimum absolute atomic E-state index is 0.102. The summed E-state index contributed by atoms with van der Waals surface area (Å²) in [6.45, 7) is 14.0. The van der Waals surface area contributed by atoms with E-state index < -0.39 is 97.5 Å². The van der Waals surface area contributed by atoms with E-state index >= 15 is 0 Å². The number of carbonyl (C=O) groups is 4. The number of esters is 4. The normalized spacial score (nSPS) is 14.6. The summed E-state index contributed by atoms with van der Waals surface area (Å²) < 4.78 is 68.2. The highest BCUT2D eigenvalue weighted by Gasteiger charge is 2.30. The SMILES string of the molecule is CCC(C)CCCCCCCCC(=O)O[C@H](COC(=O)CCCCCCCCCCC(C)C)COP(=O)(O)OCC(O)COP(=O)(O)OC[C@@H](COC(=O)CCCCCCCCC(C)C)OC(=O)CCCCCCCCCCCCCCCCCCC(C)C. The maximum Gasteiger partial charge on any atom is 0.472 e. The molecule has 0 fully saturated rings. The monoisotopic (exact) mass is 1310 g/mol. The summed E-state index contributed by atoms with van der Waals surface area (Å²) in [7, 11) is -9.90. The molecule has 0 aromatic rings. The summed E-state index contributed by atoms with van der Waals surface area (Å²) in [6, 6.07) is 0. The van der Waals surface area contributed by atoms with Crippen molar-refractivity contribution in [3.8, 4) is 0 Å². The summed E-state index contributed by atoms with van der Waals surface area (Å²) in [5, 5.41) is 10.6. The molecule has 0 aliphatic carbocycles. The Morgan fingerprint density at radius 2 is 0.539 bits per heavy atom. The maximum absolute atomic E-state index is 13.0. The molecular weight excluding hydrogens is 1170 g/mol. The van der Waals surface area contributed by atoms with Gasteiger partial charge in [-0.25, -0.2) is 9.13 Å². The fraction of sp³-hybridized carbons (Fsp3) is 0.943. The predicted molar refractivity (Wildman–Crippen MR) is 358 cm³/mol. The molecule has 0 saturated carbocycles. The first-order valence-corrected chi connectivity index (χ1v) is 39.2. The van der Waals surface area contributed by atoms with Crippen molar-refractivity contribution in [2.24, 2.45) is 23.7 Å². The van der Waals surface area contributed by atoms with Crippen LogP contribution in [0.4, 0.5) is 0 Å². The molecule has 0 amide bonds. The van der Waals surface area contributed by atoms with Crippen LogP contribution in [-0.2, 0) is 65.4 Å². The second kappa shape index (κ2) is 59.8. The third-order valence-corrected chi connectivity index (χ3v) is 18.3. The predicted octanol–water partition coefficient (Wildman–Crippen LogP) is 19.7. The van der Waals surface area contributed by atoms with Gasteiger partial charge in [-0.1, -0.05) is 293 Å². The number of carbonyl (C=O) groups excluding carboxylic acids is 4. The topological polar surface area (TPSA) is 237 Å². The standard InChI is InChI=1S/C70H136O17P2/c1-9-63(8)49-41-33-27-29-37-45-53-70(75)87-66(56-80-67(72)50-42-34-24-21-20-23-31-39-47-61(4)5)59-85-89(78,79)83-55-64(71)54-82-88(76,77)84-58-65(57-81-68(73)51-43-35-28-26-32-40-48-62(6)7)86-69(74)52-44-36-25-19-17-15-13-11-10-12-14-16-18-22-30-38-46-60(2)3/h60-66,71H,9-59H2,1-8H3,(H,76,77)(H,78,79)/t63?,64?,65-,66-/m1/s1. The van der Waals surface area contributed by atoms with Gasteiger partial charge < -0.3 is 33.8 Å². The van der Waals surface area contributed by atoms with E-state index in [1.54, 1.807) is 0 Å². The van der Waals surface area contributed by atoms with Gasteiger partial charge >= 0.3 is 39.5 Å². The number of unbranched alkanes of at least 4 members (excludes halogenated alkanes) is 32. The first-order chi connectivity index (χ1) is 42.6. The van der Waals surface area contributed by atoms with Gasteiger partial charge in [-0.2, -0.15) is 0 Å². The zero-order valence-corrected chi connectivity index (χ0v) is 59.8. The molecule has 0 radical (unpaired) electrons. The molecule has 89 heavy (non-hydrogen) atoms. The van der Waals surface area contributed by atoms with E-state index in [0.29, 0.717) is 31.6 Å². The second-order valence-corrected chi connectivity index (χ2v) is 29.8. The Balaban J connectivity index is 5.18. The molecule has 0 bridgehead atoms. The fourth-order valence-corrected chi connectivity index (χ4v) is 12.0. The van der Waals surface area contributed by atoms with Crippen LogP contribution in [0.25, 0.3) is 0 Å². The Kier molecular flexibility index (Phi) is 58.5. The fourth-order valence-electron chi connectivity index (χ4n) is 10.5. The largest absolute Gasteiger partial charge is 0.472 e. The number of hydrogen-bond donors (Lipinski definition) is 3. The van der Waals surface area contributed by atoms with Gasteiger partial charge in [0.25, 0.3) is 0 Å². The molecule has 0 aromatic heterocycles. The summed E-state index contributed by atoms with van der Waals surface area (Å²) in [6.07, 6.45) is 42.0. The van der Waals surface area contributed by atoms with E-state index in [2.05, 4.69) is 55.4 Å². The molecule has 4 unspecified atom stereocenters. The Morgan fingerprint density at radius 3 is 0.798 bits per heavy atom. The van der Waals surface area contributed by atoms with Crippen LogP contribution < -0.4 is 0 Å². The zero-order valence-electron chi connectivity index (χ0n) is 58.1. The van der Waals surface area contributed by atoms with Crippen LogP contribution in [0.1, 0.15) is 344 Å². The molecule has 0 rings (SSSR count). The molecule has 0 heterocycles. The highest BCUT2D eigenvalue weighted by atomic mass is 31.2. The van der Waals surface area contributed by atoms with Crippen molar-refractivity contribution in [3.05, 3.63) is 0 Å². The number of phosphoric acid groups is 2. The molecule has 0 aliphatic heterocycles. The van der Waals surface area contributed by atoms with E-state index in [1.807, 2.05) is 0 Å². The summed E-state index contributed by atoms with van der Waals surface area (Å²) >= 11 is 0. The van der Waals surface area contributed by atoms with Crippen LogP contribution in [0.5, 0.6) is 0 Å². The molecule has 19 heteroatoms. The van der Waals surface area contributed by atoms with E-state index in [9.17, 15) is 43.2 Å². The highest BCUT2D eigenvalue weighted by Crippen LogP contribution is 2.45. The van der Waals surface area contributed by atoms with Gasteiger partial charge in [-0.05, 0) is 49.4 Å². The average molecular weight is 1310 g/mol. The summed E-state index contributed by atoms with van der Waals surface area (Å²) in [5.74, 6) is 0.800. The van der Waals surface area contributed by atoms with Gasteiger partial charge in [0.15, 0.2) is 12.2 Å². The Morgan fingerprint density at radius 1 is 0.315 bits per heavy atom. The smallest absolute Gasteiger partial charge is 0.462 e. The van der Waals surface area contributed by atoms with Crippen LogP contribution in [0.15, 0.2) is 0 Å². The number of phosphoric ester groups is 2. The van der Waals surface area contributed by atoms with Crippen LogP contribution in [0.3, 0.4) is 0 Å². The van der Waals surface area contributed by atoms with E-state index in [-0.39, 0.29) is 25.7 Å².